The molecule has 0 aliphatic carbocycles. The van der Waals surface area contributed by atoms with Crippen LogP contribution in [0.5, 0.6) is 0 Å². The van der Waals surface area contributed by atoms with Gasteiger partial charge in [0.2, 0.25) is 15.9 Å². The molecule has 26 heavy (non-hydrogen) atoms. The molecule has 1 aromatic carbocycles. The molecule has 0 saturated carbocycles. The third kappa shape index (κ3) is 4.24. The molecule has 140 valence electrons. The minimum absolute atomic E-state index is 0.0318. The quantitative estimate of drug-likeness (QED) is 0.384. The van der Waals surface area contributed by atoms with Crippen LogP contribution in [0.2, 0.25) is 0 Å². The van der Waals surface area contributed by atoms with Crippen molar-refractivity contribution in [1.29, 1.82) is 0 Å². The van der Waals surface area contributed by atoms with Crippen molar-refractivity contribution in [2.24, 2.45) is 0 Å². The second-order valence-electron chi connectivity index (χ2n) is 5.21. The monoisotopic (exact) mass is 383 g/mol. The number of carbonyl (C=O) groups excluding carboxylic acids is 1. The Labute approximate surface area is 149 Å². The molecule has 11 heteroatoms. The fraction of sp³-hybridized carbons (Fsp3) is 0.333. The van der Waals surface area contributed by atoms with Crippen LogP contribution in [0.15, 0.2) is 39.8 Å². The van der Waals surface area contributed by atoms with E-state index in [9.17, 15) is 23.3 Å². The maximum absolute atomic E-state index is 12.8. The van der Waals surface area contributed by atoms with Gasteiger partial charge in [-0.25, -0.2) is 18.2 Å². The van der Waals surface area contributed by atoms with Gasteiger partial charge >= 0.3 is 5.97 Å². The van der Waals surface area contributed by atoms with E-state index in [0.717, 1.165) is 22.7 Å². The molecule has 0 atom stereocenters. The van der Waals surface area contributed by atoms with Crippen molar-refractivity contribution in [2.45, 2.75) is 24.8 Å². The number of sulfonamides is 1. The average molecular weight is 383 g/mol. The lowest BCUT2D eigenvalue weighted by atomic mass is 10.3. The first-order chi connectivity index (χ1) is 12.3. The van der Waals surface area contributed by atoms with E-state index >= 15 is 0 Å². The molecule has 0 bridgehead atoms. The van der Waals surface area contributed by atoms with E-state index in [-0.39, 0.29) is 35.3 Å². The summed E-state index contributed by atoms with van der Waals surface area (Å²) in [7, 11) is -2.73. The number of hydrogen-bond acceptors (Lipinski definition) is 8. The highest BCUT2D eigenvalue weighted by Crippen LogP contribution is 2.21. The van der Waals surface area contributed by atoms with Crippen LogP contribution in [0.4, 0.5) is 5.69 Å². The maximum atomic E-state index is 12.8. The lowest BCUT2D eigenvalue weighted by molar-refractivity contribution is -0.384. The summed E-state index contributed by atoms with van der Waals surface area (Å²) in [5, 5.41) is 10.7. The topological polar surface area (TPSA) is 133 Å². The fourth-order valence-corrected chi connectivity index (χ4v) is 3.64. The zero-order valence-electron chi connectivity index (χ0n) is 14.1. The Kier molecular flexibility index (Phi) is 6.05. The van der Waals surface area contributed by atoms with E-state index in [1.807, 2.05) is 0 Å². The van der Waals surface area contributed by atoms with Crippen molar-refractivity contribution in [1.82, 2.24) is 9.29 Å². The first-order valence-corrected chi connectivity index (χ1v) is 9.01. The van der Waals surface area contributed by atoms with Crippen LogP contribution in [0.1, 0.15) is 29.7 Å². The summed E-state index contributed by atoms with van der Waals surface area (Å²) in [6, 6.07) is 4.59. The number of non-ortho nitro benzene ring substituents is 1. The number of ether oxygens (including phenoxy) is 1. The standard InChI is InChI=1S/C15H17N3O7S/c1-3-8-17(9-14-16-13(10-25-14)15(19)24-2)26(22,23)12-6-4-11(5-7-12)18(20)21/h4-7,10H,3,8-9H2,1-2H3. The van der Waals surface area contributed by atoms with E-state index in [2.05, 4.69) is 9.72 Å². The number of rotatable bonds is 8. The molecule has 0 unspecified atom stereocenters. The molecule has 0 radical (unpaired) electrons. The molecule has 0 aliphatic heterocycles. The summed E-state index contributed by atoms with van der Waals surface area (Å²) in [6.45, 7) is 1.78. The molecule has 2 rings (SSSR count). The van der Waals surface area contributed by atoms with Crippen LogP contribution in [-0.4, -0.2) is 42.3 Å². The Bertz CT molecular complexity index is 890. The second kappa shape index (κ2) is 8.06. The smallest absolute Gasteiger partial charge is 0.360 e. The van der Waals surface area contributed by atoms with Crippen molar-refractivity contribution < 1.29 is 27.3 Å². The summed E-state index contributed by atoms with van der Waals surface area (Å²) in [5.74, 6) is -0.662. The van der Waals surface area contributed by atoms with Crippen LogP contribution in [-0.2, 0) is 21.3 Å². The van der Waals surface area contributed by atoms with Gasteiger partial charge in [0.25, 0.3) is 5.69 Å². The highest BCUT2D eigenvalue weighted by molar-refractivity contribution is 7.89. The van der Waals surface area contributed by atoms with Gasteiger partial charge < -0.3 is 9.15 Å². The van der Waals surface area contributed by atoms with Crippen molar-refractivity contribution >= 4 is 21.7 Å². The summed E-state index contributed by atoms with van der Waals surface area (Å²) in [4.78, 5) is 25.3. The molecule has 1 heterocycles. The first-order valence-electron chi connectivity index (χ1n) is 7.57. The summed E-state index contributed by atoms with van der Waals surface area (Å²) in [6.07, 6.45) is 1.61. The number of benzene rings is 1. The molecule has 0 N–H and O–H groups in total. The Morgan fingerprint density at radius 3 is 2.54 bits per heavy atom. The van der Waals surface area contributed by atoms with Gasteiger partial charge in [-0.1, -0.05) is 6.92 Å². The van der Waals surface area contributed by atoms with Crippen molar-refractivity contribution in [3.63, 3.8) is 0 Å². The predicted molar refractivity (Wildman–Crippen MR) is 88.8 cm³/mol. The van der Waals surface area contributed by atoms with Crippen LogP contribution in [0.3, 0.4) is 0 Å². The SMILES string of the molecule is CCCN(Cc1nc(C(=O)OC)co1)S(=O)(=O)c1ccc([N+](=O)[O-])cc1. The van der Waals surface area contributed by atoms with Gasteiger partial charge in [0.05, 0.1) is 23.5 Å². The van der Waals surface area contributed by atoms with E-state index in [0.29, 0.717) is 6.42 Å². The molecule has 10 nitrogen and oxygen atoms in total. The molecular weight excluding hydrogens is 366 g/mol. The van der Waals surface area contributed by atoms with Gasteiger partial charge in [-0.2, -0.15) is 4.31 Å². The number of nitro benzene ring substituents is 1. The van der Waals surface area contributed by atoms with Crippen LogP contribution < -0.4 is 0 Å². The normalized spacial score (nSPS) is 11.5. The van der Waals surface area contributed by atoms with Crippen molar-refractivity contribution in [2.75, 3.05) is 13.7 Å². The number of esters is 1. The Hall–Kier alpha value is -2.79. The van der Waals surface area contributed by atoms with Gasteiger partial charge in [-0.05, 0) is 18.6 Å². The second-order valence-corrected chi connectivity index (χ2v) is 7.15. The lowest BCUT2D eigenvalue weighted by Gasteiger charge is -2.20. The minimum atomic E-state index is -3.93. The van der Waals surface area contributed by atoms with Crippen molar-refractivity contribution in [3.8, 4) is 0 Å². The highest BCUT2D eigenvalue weighted by Gasteiger charge is 2.26. The van der Waals surface area contributed by atoms with Crippen molar-refractivity contribution in [3.05, 3.63) is 52.2 Å². The Morgan fingerprint density at radius 1 is 1.35 bits per heavy atom. The molecular formula is C15H17N3O7S. The third-order valence-electron chi connectivity index (χ3n) is 3.42. The number of methoxy groups -OCH3 is 1. The number of nitro groups is 1. The van der Waals surface area contributed by atoms with Crippen LogP contribution in [0.25, 0.3) is 0 Å². The Morgan fingerprint density at radius 2 is 2.00 bits per heavy atom. The molecule has 2 aromatic rings. The van der Waals surface area contributed by atoms with Gasteiger partial charge in [0, 0.05) is 18.7 Å². The number of oxazole rings is 1. The molecule has 0 spiro atoms. The van der Waals surface area contributed by atoms with E-state index < -0.39 is 20.9 Å². The largest absolute Gasteiger partial charge is 0.464 e. The van der Waals surface area contributed by atoms with Gasteiger partial charge in [0.15, 0.2) is 5.69 Å². The fourth-order valence-electron chi connectivity index (χ4n) is 2.16. The van der Waals surface area contributed by atoms with Gasteiger partial charge in [-0.3, -0.25) is 10.1 Å². The highest BCUT2D eigenvalue weighted by atomic mass is 32.2. The molecule has 0 aliphatic rings. The first kappa shape index (κ1) is 19.5. The number of aromatic nitrogens is 1. The van der Waals surface area contributed by atoms with Gasteiger partial charge in [0.1, 0.15) is 6.26 Å². The molecule has 0 amide bonds. The zero-order chi connectivity index (χ0) is 19.3. The molecule has 1 aromatic heterocycles. The number of carbonyl (C=O) groups is 1. The van der Waals surface area contributed by atoms with Gasteiger partial charge in [-0.15, -0.1) is 0 Å². The van der Waals surface area contributed by atoms with E-state index in [1.165, 1.54) is 19.2 Å². The number of nitrogens with zero attached hydrogens (tertiary/aromatic N) is 3. The maximum Gasteiger partial charge on any atom is 0.360 e. The summed E-state index contributed by atoms with van der Waals surface area (Å²) < 4.78 is 36.4. The van der Waals surface area contributed by atoms with E-state index in [4.69, 9.17) is 4.42 Å². The lowest BCUT2D eigenvalue weighted by Crippen LogP contribution is -2.31. The minimum Gasteiger partial charge on any atom is -0.464 e. The molecule has 0 fully saturated rings. The van der Waals surface area contributed by atoms with E-state index in [1.54, 1.807) is 6.92 Å². The summed E-state index contributed by atoms with van der Waals surface area (Å²) >= 11 is 0. The average Bonchev–Trinajstić information content (AvgIpc) is 3.09. The van der Waals surface area contributed by atoms with Crippen LogP contribution in [0, 0.1) is 10.1 Å². The predicted octanol–water partition coefficient (Wildman–Crippen LogP) is 1.97. The van der Waals surface area contributed by atoms with Crippen LogP contribution >= 0.6 is 0 Å². The Balaban J connectivity index is 2.28. The summed E-state index contributed by atoms with van der Waals surface area (Å²) in [5.41, 5.74) is -0.270. The third-order valence-corrected chi connectivity index (χ3v) is 5.28. The zero-order valence-corrected chi connectivity index (χ0v) is 14.9. The number of hydrogen-bond donors (Lipinski definition) is 0. The molecule has 0 saturated heterocycles.